The largest absolute Gasteiger partial charge is 0.481 e. The van der Waals surface area contributed by atoms with Crippen LogP contribution in [-0.4, -0.2) is 99.4 Å². The predicted octanol–water partition coefficient (Wildman–Crippen LogP) is -3.11. The van der Waals surface area contributed by atoms with Gasteiger partial charge in [0, 0.05) is 6.42 Å². The molecule has 15 heteroatoms. The molecule has 0 spiro atoms. The van der Waals surface area contributed by atoms with E-state index in [-0.39, 0.29) is 0 Å². The molecule has 4 amide bonds. The summed E-state index contributed by atoms with van der Waals surface area (Å²) in [7, 11) is 0. The summed E-state index contributed by atoms with van der Waals surface area (Å²) in [6.45, 7) is 4.91. The van der Waals surface area contributed by atoms with Crippen LogP contribution in [0.5, 0.6) is 0 Å². The van der Waals surface area contributed by atoms with Crippen molar-refractivity contribution in [3.05, 3.63) is 0 Å². The highest BCUT2D eigenvalue weighted by Gasteiger charge is 2.33. The average Bonchev–Trinajstić information content (AvgIpc) is 2.84. The molecule has 0 aliphatic heterocycles. The molecule has 0 aromatic rings. The molecule has 212 valence electrons. The van der Waals surface area contributed by atoms with Crippen LogP contribution in [0.3, 0.4) is 0 Å². The number of carboxylic acids is 2. The fourth-order valence-electron chi connectivity index (χ4n) is 3.08. The summed E-state index contributed by atoms with van der Waals surface area (Å²) in [4.78, 5) is 72.8. The molecule has 0 radical (unpaired) electrons. The minimum Gasteiger partial charge on any atom is -0.481 e. The Hall–Kier alpha value is -3.30. The summed E-state index contributed by atoms with van der Waals surface area (Å²) in [6.07, 6.45) is -0.517. The Morgan fingerprint density at radius 1 is 0.730 bits per heavy atom. The van der Waals surface area contributed by atoms with Crippen molar-refractivity contribution >= 4 is 35.6 Å². The van der Waals surface area contributed by atoms with Crippen molar-refractivity contribution in [2.24, 2.45) is 17.6 Å². The van der Waals surface area contributed by atoms with Gasteiger partial charge in [-0.15, -0.1) is 0 Å². The molecule has 37 heavy (non-hydrogen) atoms. The number of carboxylic acid groups (broad SMARTS) is 2. The van der Waals surface area contributed by atoms with Crippen LogP contribution in [0, 0.1) is 11.8 Å². The molecule has 0 rings (SSSR count). The van der Waals surface area contributed by atoms with Crippen LogP contribution in [0.25, 0.3) is 0 Å². The zero-order chi connectivity index (χ0) is 28.9. The summed E-state index contributed by atoms with van der Waals surface area (Å²) >= 11 is 0. The molecule has 0 aliphatic carbocycles. The smallest absolute Gasteiger partial charge is 0.326 e. The Labute approximate surface area is 214 Å². The van der Waals surface area contributed by atoms with E-state index in [9.17, 15) is 39.0 Å². The van der Waals surface area contributed by atoms with Gasteiger partial charge in [0.2, 0.25) is 23.6 Å². The maximum absolute atomic E-state index is 12.8. The number of carbonyl (C=O) groups is 6. The molecule has 0 aromatic heterocycles. The van der Waals surface area contributed by atoms with Crippen molar-refractivity contribution in [1.82, 2.24) is 21.3 Å². The number of nitrogens with one attached hydrogen (secondary N) is 4. The zero-order valence-corrected chi connectivity index (χ0v) is 21.4. The number of hydrogen-bond acceptors (Lipinski definition) is 9. The van der Waals surface area contributed by atoms with Crippen LogP contribution in [0.2, 0.25) is 0 Å². The van der Waals surface area contributed by atoms with Gasteiger partial charge in [0.05, 0.1) is 13.2 Å². The minimum absolute atomic E-state index is 0.393. The lowest BCUT2D eigenvalue weighted by atomic mass is 9.98. The van der Waals surface area contributed by atoms with Crippen LogP contribution in [0.15, 0.2) is 0 Å². The molecule has 0 unspecified atom stereocenters. The van der Waals surface area contributed by atoms with E-state index in [1.165, 1.54) is 0 Å². The molecule has 0 heterocycles. The Morgan fingerprint density at radius 2 is 1.24 bits per heavy atom. The van der Waals surface area contributed by atoms with Gasteiger partial charge in [0.15, 0.2) is 0 Å². The second kappa shape index (κ2) is 16.4. The number of carbonyl (C=O) groups excluding carboxylic acids is 4. The van der Waals surface area contributed by atoms with Gasteiger partial charge < -0.3 is 47.4 Å². The first kappa shape index (κ1) is 33.7. The summed E-state index contributed by atoms with van der Waals surface area (Å²) in [5.74, 6) is -7.21. The third-order valence-corrected chi connectivity index (χ3v) is 5.65. The monoisotopic (exact) mass is 533 g/mol. The maximum atomic E-state index is 12.8. The van der Waals surface area contributed by atoms with E-state index in [4.69, 9.17) is 15.9 Å². The van der Waals surface area contributed by atoms with Gasteiger partial charge in [-0.2, -0.15) is 0 Å². The number of nitrogens with two attached hydrogens (primary N) is 1. The van der Waals surface area contributed by atoms with Gasteiger partial charge in [-0.1, -0.05) is 34.1 Å². The molecule has 15 nitrogen and oxygen atoms in total. The van der Waals surface area contributed by atoms with E-state index in [1.54, 1.807) is 27.7 Å². The number of hydrogen-bond donors (Lipinski definition) is 9. The molecule has 0 fully saturated rings. The third kappa shape index (κ3) is 11.5. The lowest BCUT2D eigenvalue weighted by Gasteiger charge is -2.27. The van der Waals surface area contributed by atoms with E-state index in [0.717, 1.165) is 0 Å². The first-order valence-electron chi connectivity index (χ1n) is 11.8. The van der Waals surface area contributed by atoms with Gasteiger partial charge in [-0.25, -0.2) is 4.79 Å². The number of amides is 4. The third-order valence-electron chi connectivity index (χ3n) is 5.65. The zero-order valence-electron chi connectivity index (χ0n) is 21.4. The second-order valence-corrected chi connectivity index (χ2v) is 8.97. The van der Waals surface area contributed by atoms with Crippen molar-refractivity contribution in [1.29, 1.82) is 0 Å². The molecular weight excluding hydrogens is 494 g/mol. The van der Waals surface area contributed by atoms with E-state index in [2.05, 4.69) is 21.3 Å². The Bertz CT molecular complexity index is 822. The lowest BCUT2D eigenvalue weighted by molar-refractivity contribution is -0.144. The predicted molar refractivity (Wildman–Crippen MR) is 129 cm³/mol. The number of aliphatic carboxylic acids is 2. The Balaban J connectivity index is 5.61. The van der Waals surface area contributed by atoms with Gasteiger partial charge in [-0.3, -0.25) is 24.0 Å². The summed E-state index contributed by atoms with van der Waals surface area (Å²) in [6, 6.07) is -6.85. The van der Waals surface area contributed by atoms with Crippen molar-refractivity contribution in [2.75, 3.05) is 13.2 Å². The molecule has 0 saturated carbocycles. The Morgan fingerprint density at radius 3 is 1.68 bits per heavy atom. The van der Waals surface area contributed by atoms with E-state index in [1.807, 2.05) is 0 Å². The molecule has 0 bridgehead atoms. The van der Waals surface area contributed by atoms with Crippen LogP contribution in [-0.2, 0) is 28.8 Å². The van der Waals surface area contributed by atoms with Gasteiger partial charge in [-0.05, 0) is 18.3 Å². The molecule has 0 aliphatic rings. The number of aliphatic hydroxyl groups is 2. The standard InChI is InChI=1S/C22H39N5O10/c1-5-11(4)17(22(36)37)27-19(33)13(6-7-15(30)31)24-20(34)14(9-29)25-21(35)16(10(2)3)26-18(32)12(23)8-28/h10-14,16-17,28-29H,5-9,23H2,1-4H3,(H,24,34)(H,25,35)(H,26,32)(H,27,33)(H,30,31)(H,36,37)/t11-,12-,13-,14-,16-,17-/m0/s1. The first-order valence-corrected chi connectivity index (χ1v) is 11.8. The van der Waals surface area contributed by atoms with Crippen LogP contribution in [0.1, 0.15) is 47.0 Å². The van der Waals surface area contributed by atoms with Crippen LogP contribution in [0.4, 0.5) is 0 Å². The maximum Gasteiger partial charge on any atom is 0.326 e. The topological polar surface area (TPSA) is 257 Å². The quantitative estimate of drug-likeness (QED) is 0.0903. The number of aliphatic hydroxyl groups excluding tert-OH is 2. The first-order chi connectivity index (χ1) is 17.2. The minimum atomic E-state index is -1.60. The highest BCUT2D eigenvalue weighted by molar-refractivity contribution is 5.95. The highest BCUT2D eigenvalue weighted by Crippen LogP contribution is 2.10. The molecule has 0 aromatic carbocycles. The highest BCUT2D eigenvalue weighted by atomic mass is 16.4. The summed E-state index contributed by atoms with van der Waals surface area (Å²) in [5.41, 5.74) is 5.44. The van der Waals surface area contributed by atoms with Crippen molar-refractivity contribution < 1.29 is 49.2 Å². The van der Waals surface area contributed by atoms with E-state index in [0.29, 0.717) is 6.42 Å². The van der Waals surface area contributed by atoms with Crippen molar-refractivity contribution in [3.8, 4) is 0 Å². The van der Waals surface area contributed by atoms with E-state index < -0.39 is 104 Å². The summed E-state index contributed by atoms with van der Waals surface area (Å²) < 4.78 is 0. The second-order valence-electron chi connectivity index (χ2n) is 8.97. The fourth-order valence-corrected chi connectivity index (χ4v) is 3.08. The lowest BCUT2D eigenvalue weighted by Crippen LogP contribution is -2.60. The molecule has 0 saturated heterocycles. The fraction of sp³-hybridized carbons (Fsp3) is 0.727. The normalized spacial score (nSPS) is 15.9. The molecular formula is C22H39N5O10. The van der Waals surface area contributed by atoms with Gasteiger partial charge >= 0.3 is 11.9 Å². The van der Waals surface area contributed by atoms with Crippen LogP contribution < -0.4 is 27.0 Å². The van der Waals surface area contributed by atoms with Gasteiger partial charge in [0.25, 0.3) is 0 Å². The van der Waals surface area contributed by atoms with Crippen LogP contribution >= 0.6 is 0 Å². The summed E-state index contributed by atoms with van der Waals surface area (Å²) in [5, 5.41) is 46.2. The Kier molecular flexibility index (Phi) is 15.0. The van der Waals surface area contributed by atoms with Crippen molar-refractivity contribution in [2.45, 2.75) is 77.2 Å². The molecule has 6 atom stereocenters. The van der Waals surface area contributed by atoms with E-state index >= 15 is 0 Å². The van der Waals surface area contributed by atoms with Gasteiger partial charge in [0.1, 0.15) is 30.2 Å². The average molecular weight is 534 g/mol. The number of rotatable bonds is 17. The molecule has 10 N–H and O–H groups in total. The SMILES string of the molecule is CC[C@H](C)[C@H](NC(=O)[C@H](CCC(=O)O)NC(=O)[C@H](CO)NC(=O)[C@@H](NC(=O)[C@@H](N)CO)C(C)C)C(=O)O. The van der Waals surface area contributed by atoms with Crippen molar-refractivity contribution in [3.63, 3.8) is 0 Å².